The zero-order valence-corrected chi connectivity index (χ0v) is 19.4. The van der Waals surface area contributed by atoms with Gasteiger partial charge in [0.2, 0.25) is 0 Å². The van der Waals surface area contributed by atoms with Crippen LogP contribution < -0.4 is 4.90 Å². The Morgan fingerprint density at radius 3 is 2.29 bits per heavy atom. The Morgan fingerprint density at radius 1 is 0.800 bits per heavy atom. The fraction of sp³-hybridized carbons (Fsp3) is 0.233. The van der Waals surface area contributed by atoms with Crippen LogP contribution in [0.1, 0.15) is 34.3 Å². The van der Waals surface area contributed by atoms with Crippen molar-refractivity contribution in [2.24, 2.45) is 0 Å². The topological polar surface area (TPSA) is 23.6 Å². The molecule has 0 saturated carbocycles. The molecule has 176 valence electrons. The maximum absolute atomic E-state index is 14.4. The Bertz CT molecular complexity index is 1410. The van der Waals surface area contributed by atoms with Crippen LogP contribution in [0.5, 0.6) is 0 Å². The van der Waals surface area contributed by atoms with Gasteiger partial charge in [0.1, 0.15) is 11.6 Å². The Hall–Kier alpha value is -3.57. The molecule has 4 aromatic rings. The first-order chi connectivity index (χ1) is 17.0. The van der Waals surface area contributed by atoms with Gasteiger partial charge < -0.3 is 4.90 Å². The molecular formula is C30H26F2N2O. The molecule has 1 saturated heterocycles. The van der Waals surface area contributed by atoms with Crippen LogP contribution in [0.2, 0.25) is 0 Å². The highest BCUT2D eigenvalue weighted by Gasteiger charge is 2.46. The molecule has 3 nitrogen and oxygen atoms in total. The van der Waals surface area contributed by atoms with Gasteiger partial charge >= 0.3 is 0 Å². The Labute approximate surface area is 203 Å². The number of hydrogen-bond acceptors (Lipinski definition) is 2. The molecular weight excluding hydrogens is 442 g/mol. The number of anilines is 1. The zero-order chi connectivity index (χ0) is 24.0. The molecule has 1 fully saturated rings. The number of benzene rings is 4. The van der Waals surface area contributed by atoms with E-state index in [2.05, 4.69) is 4.90 Å². The number of halogens is 2. The molecule has 5 heteroatoms. The number of carbonyl (C=O) groups is 1. The summed E-state index contributed by atoms with van der Waals surface area (Å²) in [5, 5.41) is 2.12. The van der Waals surface area contributed by atoms with Crippen LogP contribution in [0.25, 0.3) is 10.8 Å². The molecule has 0 aromatic heterocycles. The molecule has 35 heavy (non-hydrogen) atoms. The molecule has 0 atom stereocenters. The van der Waals surface area contributed by atoms with Gasteiger partial charge in [-0.2, -0.15) is 0 Å². The highest BCUT2D eigenvalue weighted by Crippen LogP contribution is 2.48. The zero-order valence-electron chi connectivity index (χ0n) is 19.4. The van der Waals surface area contributed by atoms with Crippen molar-refractivity contribution in [1.82, 2.24) is 4.90 Å². The fourth-order valence-electron chi connectivity index (χ4n) is 5.72. The lowest BCUT2D eigenvalue weighted by Crippen LogP contribution is -2.45. The third kappa shape index (κ3) is 4.00. The largest absolute Gasteiger partial charge is 0.307 e. The number of nitrogens with zero attached hydrogens (tertiary/aromatic N) is 2. The molecule has 2 heterocycles. The average Bonchev–Trinajstić information content (AvgIpc) is 3.19. The molecule has 2 aliphatic heterocycles. The summed E-state index contributed by atoms with van der Waals surface area (Å²) >= 11 is 0. The van der Waals surface area contributed by atoms with Crippen molar-refractivity contribution in [3.63, 3.8) is 0 Å². The van der Waals surface area contributed by atoms with Crippen LogP contribution in [0.3, 0.4) is 0 Å². The quantitative estimate of drug-likeness (QED) is 0.352. The van der Waals surface area contributed by atoms with Gasteiger partial charge in [0.15, 0.2) is 0 Å². The van der Waals surface area contributed by atoms with E-state index in [-0.39, 0.29) is 23.0 Å². The van der Waals surface area contributed by atoms with Crippen LogP contribution in [0, 0.1) is 11.6 Å². The van der Waals surface area contributed by atoms with Gasteiger partial charge in [-0.15, -0.1) is 0 Å². The number of piperidine rings is 1. The summed E-state index contributed by atoms with van der Waals surface area (Å²) in [5.74, 6) is -0.543. The third-order valence-corrected chi connectivity index (χ3v) is 7.66. The van der Waals surface area contributed by atoms with E-state index in [0.29, 0.717) is 12.1 Å². The molecule has 4 aromatic carbocycles. The summed E-state index contributed by atoms with van der Waals surface area (Å²) in [5.41, 5.74) is 3.21. The molecule has 0 aliphatic carbocycles. The lowest BCUT2D eigenvalue weighted by atomic mass is 9.74. The maximum atomic E-state index is 14.4. The van der Waals surface area contributed by atoms with E-state index in [0.717, 1.165) is 60.1 Å². The molecule has 0 N–H and O–H groups in total. The first-order valence-electron chi connectivity index (χ1n) is 12.1. The van der Waals surface area contributed by atoms with Gasteiger partial charge in [-0.05, 0) is 90.3 Å². The van der Waals surface area contributed by atoms with Crippen molar-refractivity contribution in [3.8, 4) is 0 Å². The fourth-order valence-corrected chi connectivity index (χ4v) is 5.72. The van der Waals surface area contributed by atoms with Crippen LogP contribution in [0.4, 0.5) is 14.5 Å². The van der Waals surface area contributed by atoms with Crippen LogP contribution in [0.15, 0.2) is 84.9 Å². The van der Waals surface area contributed by atoms with E-state index in [1.165, 1.54) is 18.2 Å². The smallest absolute Gasteiger partial charge is 0.258 e. The van der Waals surface area contributed by atoms with E-state index >= 15 is 0 Å². The predicted octanol–water partition coefficient (Wildman–Crippen LogP) is 6.31. The highest BCUT2D eigenvalue weighted by molar-refractivity contribution is 6.09. The van der Waals surface area contributed by atoms with E-state index < -0.39 is 0 Å². The van der Waals surface area contributed by atoms with E-state index in [1.54, 1.807) is 12.1 Å². The van der Waals surface area contributed by atoms with Crippen LogP contribution in [-0.4, -0.2) is 30.4 Å². The van der Waals surface area contributed by atoms with Crippen molar-refractivity contribution in [2.45, 2.75) is 24.8 Å². The summed E-state index contributed by atoms with van der Waals surface area (Å²) < 4.78 is 27.6. The minimum absolute atomic E-state index is 0.0470. The highest BCUT2D eigenvalue weighted by atomic mass is 19.1. The van der Waals surface area contributed by atoms with Gasteiger partial charge in [-0.25, -0.2) is 8.78 Å². The monoisotopic (exact) mass is 468 g/mol. The normalized spacial score (nSPS) is 17.1. The first-order valence-corrected chi connectivity index (χ1v) is 12.1. The summed E-state index contributed by atoms with van der Waals surface area (Å²) in [6.45, 7) is 2.99. The number of carbonyl (C=O) groups excluding carboxylic acids is 1. The minimum Gasteiger partial charge on any atom is -0.307 e. The van der Waals surface area contributed by atoms with Gasteiger partial charge in [0.05, 0.1) is 0 Å². The SMILES string of the molecule is O=C(c1ccc2ccccc2c1)N1CC2(CCN(Cc3ccc(F)cc3)CC2)c2cc(F)ccc21. The minimum atomic E-state index is -0.267. The number of likely N-dealkylation sites (tertiary alicyclic amines) is 1. The van der Waals surface area contributed by atoms with Gasteiger partial charge in [0, 0.05) is 29.8 Å². The van der Waals surface area contributed by atoms with Crippen molar-refractivity contribution < 1.29 is 13.6 Å². The van der Waals surface area contributed by atoms with Crippen molar-refractivity contribution in [3.05, 3.63) is 113 Å². The molecule has 0 bridgehead atoms. The second-order valence-electron chi connectivity index (χ2n) is 9.80. The Kier molecular flexibility index (Phi) is 5.37. The lowest BCUT2D eigenvalue weighted by molar-refractivity contribution is 0.0975. The summed E-state index contributed by atoms with van der Waals surface area (Å²) in [7, 11) is 0. The Morgan fingerprint density at radius 2 is 1.51 bits per heavy atom. The summed E-state index contributed by atoms with van der Waals surface area (Å²) in [6, 6.07) is 25.3. The van der Waals surface area contributed by atoms with Crippen molar-refractivity contribution in [1.29, 1.82) is 0 Å². The van der Waals surface area contributed by atoms with E-state index in [4.69, 9.17) is 0 Å². The predicted molar refractivity (Wildman–Crippen MR) is 135 cm³/mol. The first kappa shape index (κ1) is 21.9. The standard InChI is InChI=1S/C30H26F2N2O/c31-25-9-5-21(6-10-25)19-33-15-13-30(14-16-33)20-34(28-12-11-26(32)18-27(28)30)29(35)24-8-7-22-3-1-2-4-23(22)17-24/h1-12,17-18H,13-16,19-20H2. The summed E-state index contributed by atoms with van der Waals surface area (Å²) in [6.07, 6.45) is 1.68. The van der Waals surface area contributed by atoms with Crippen LogP contribution in [-0.2, 0) is 12.0 Å². The lowest BCUT2D eigenvalue weighted by Gasteiger charge is -2.40. The molecule has 0 unspecified atom stereocenters. The van der Waals surface area contributed by atoms with Crippen LogP contribution >= 0.6 is 0 Å². The average molecular weight is 469 g/mol. The van der Waals surface area contributed by atoms with Crippen molar-refractivity contribution >= 4 is 22.4 Å². The maximum Gasteiger partial charge on any atom is 0.258 e. The molecule has 1 amide bonds. The van der Waals surface area contributed by atoms with Gasteiger partial charge in [-0.3, -0.25) is 9.69 Å². The number of rotatable bonds is 3. The molecule has 1 spiro atoms. The molecule has 2 aliphatic rings. The van der Waals surface area contributed by atoms with Gasteiger partial charge in [0.25, 0.3) is 5.91 Å². The number of hydrogen-bond donors (Lipinski definition) is 0. The Balaban J connectivity index is 1.26. The number of fused-ring (bicyclic) bond motifs is 3. The van der Waals surface area contributed by atoms with E-state index in [9.17, 15) is 13.6 Å². The van der Waals surface area contributed by atoms with Crippen molar-refractivity contribution in [2.75, 3.05) is 24.5 Å². The summed E-state index contributed by atoms with van der Waals surface area (Å²) in [4.78, 5) is 17.9. The molecule has 0 radical (unpaired) electrons. The van der Waals surface area contributed by atoms with Gasteiger partial charge in [-0.1, -0.05) is 42.5 Å². The van der Waals surface area contributed by atoms with E-state index in [1.807, 2.05) is 59.5 Å². The second-order valence-corrected chi connectivity index (χ2v) is 9.80. The molecule has 6 rings (SSSR count). The second kappa shape index (κ2) is 8.58. The number of amides is 1. The third-order valence-electron chi connectivity index (χ3n) is 7.66.